The normalized spacial score (nSPS) is 9.76. The van der Waals surface area contributed by atoms with Gasteiger partial charge in [0.1, 0.15) is 12.4 Å². The average molecular weight is 239 g/mol. The van der Waals surface area contributed by atoms with Gasteiger partial charge in [-0.15, -0.1) is 0 Å². The number of carbonyl (C=O) groups is 2. The molecule has 0 heterocycles. The van der Waals surface area contributed by atoms with Crippen molar-refractivity contribution >= 4 is 11.8 Å². The van der Waals surface area contributed by atoms with Crippen LogP contribution in [0.15, 0.2) is 24.3 Å². The summed E-state index contributed by atoms with van der Waals surface area (Å²) in [6.45, 7) is 1.11. The van der Waals surface area contributed by atoms with E-state index < -0.39 is 11.8 Å². The largest absolute Gasteiger partial charge is 0.484 e. The van der Waals surface area contributed by atoms with E-state index in [0.717, 1.165) is 5.56 Å². The molecule has 0 aromatic heterocycles. The Morgan fingerprint density at radius 3 is 2.47 bits per heavy atom. The molecule has 0 aliphatic carbocycles. The lowest BCUT2D eigenvalue weighted by Crippen LogP contribution is -2.32. The lowest BCUT2D eigenvalue weighted by Gasteiger charge is -2.06. The molecule has 0 fully saturated rings. The van der Waals surface area contributed by atoms with Crippen LogP contribution >= 0.6 is 0 Å². The maximum absolute atomic E-state index is 11.1. The highest BCUT2D eigenvalue weighted by Crippen LogP contribution is 2.12. The van der Waals surface area contributed by atoms with E-state index >= 15 is 0 Å². The Morgan fingerprint density at radius 2 is 1.94 bits per heavy atom. The minimum absolute atomic E-state index is 0.0884. The first-order valence-corrected chi connectivity index (χ1v) is 4.90. The summed E-state index contributed by atoms with van der Waals surface area (Å²) in [7, 11) is 0. The molecular weight excluding hydrogens is 226 g/mol. The summed E-state index contributed by atoms with van der Waals surface area (Å²) in [6, 6.07) is 6.65. The molecule has 6 heteroatoms. The third kappa shape index (κ3) is 5.10. The van der Waals surface area contributed by atoms with Crippen molar-refractivity contribution in [2.45, 2.75) is 13.5 Å². The van der Waals surface area contributed by atoms with Crippen LogP contribution in [0.4, 0.5) is 0 Å². The highest BCUT2D eigenvalue weighted by Gasteiger charge is 2.04. The summed E-state index contributed by atoms with van der Waals surface area (Å²) in [5, 5.41) is 10.3. The van der Waals surface area contributed by atoms with Crippen molar-refractivity contribution in [1.82, 2.24) is 5.32 Å². The van der Waals surface area contributed by atoms with Gasteiger partial charge in [0.25, 0.3) is 5.91 Å². The molecule has 0 saturated carbocycles. The van der Waals surface area contributed by atoms with E-state index in [2.05, 4.69) is 10.2 Å². The highest BCUT2D eigenvalue weighted by molar-refractivity contribution is 5.94. The second-order valence-corrected chi connectivity index (χ2v) is 3.31. The molecule has 92 valence electrons. The maximum Gasteiger partial charge on any atom is 0.264 e. The molecule has 2 N–H and O–H groups in total. The van der Waals surface area contributed by atoms with Gasteiger partial charge < -0.3 is 4.74 Å². The Morgan fingerprint density at radius 1 is 1.29 bits per heavy atom. The van der Waals surface area contributed by atoms with E-state index in [9.17, 15) is 9.59 Å². The SMILES string of the molecule is CC(=O)NC(=O)COc1ccc(COO)cc1. The molecule has 17 heavy (non-hydrogen) atoms. The van der Waals surface area contributed by atoms with E-state index in [4.69, 9.17) is 9.99 Å². The Hall–Kier alpha value is -1.92. The molecule has 0 spiro atoms. The standard InChI is InChI=1S/C11H13NO5/c1-8(13)12-11(14)7-16-10-4-2-9(3-5-10)6-17-15/h2-5,15H,6-7H2,1H3,(H,12,13,14). The number of benzene rings is 1. The Kier molecular flexibility index (Phi) is 5.12. The van der Waals surface area contributed by atoms with Crippen LogP contribution in [0.5, 0.6) is 5.75 Å². The van der Waals surface area contributed by atoms with E-state index in [0.29, 0.717) is 5.75 Å². The van der Waals surface area contributed by atoms with Crippen molar-refractivity contribution in [3.63, 3.8) is 0 Å². The van der Waals surface area contributed by atoms with Gasteiger partial charge in [0, 0.05) is 6.92 Å². The molecule has 1 aromatic rings. The molecular formula is C11H13NO5. The first-order chi connectivity index (χ1) is 8.11. The summed E-state index contributed by atoms with van der Waals surface area (Å²) in [4.78, 5) is 25.6. The van der Waals surface area contributed by atoms with Crippen molar-refractivity contribution in [2.75, 3.05) is 6.61 Å². The summed E-state index contributed by atoms with van der Waals surface area (Å²) < 4.78 is 5.13. The zero-order chi connectivity index (χ0) is 12.7. The van der Waals surface area contributed by atoms with Crippen LogP contribution in [-0.4, -0.2) is 23.7 Å². The first-order valence-electron chi connectivity index (χ1n) is 4.90. The molecule has 2 amide bonds. The van der Waals surface area contributed by atoms with E-state index in [1.54, 1.807) is 24.3 Å². The topological polar surface area (TPSA) is 84.9 Å². The molecule has 0 aliphatic heterocycles. The molecule has 1 rings (SSSR count). The number of ether oxygens (including phenoxy) is 1. The fourth-order valence-corrected chi connectivity index (χ4v) is 1.14. The molecule has 1 aromatic carbocycles. The van der Waals surface area contributed by atoms with E-state index in [1.807, 2.05) is 0 Å². The third-order valence-corrected chi connectivity index (χ3v) is 1.84. The Labute approximate surface area is 98.1 Å². The number of hydrogen-bond acceptors (Lipinski definition) is 5. The van der Waals surface area contributed by atoms with Gasteiger partial charge in [-0.3, -0.25) is 20.2 Å². The number of carbonyl (C=O) groups excluding carboxylic acids is 2. The lowest BCUT2D eigenvalue weighted by atomic mass is 10.2. The molecule has 0 bridgehead atoms. The Balaban J connectivity index is 2.41. The minimum Gasteiger partial charge on any atom is -0.484 e. The zero-order valence-corrected chi connectivity index (χ0v) is 9.30. The second kappa shape index (κ2) is 6.62. The van der Waals surface area contributed by atoms with Crippen molar-refractivity contribution in [2.24, 2.45) is 0 Å². The molecule has 0 radical (unpaired) electrons. The maximum atomic E-state index is 11.1. The predicted octanol–water partition coefficient (Wildman–Crippen LogP) is 0.718. The van der Waals surface area contributed by atoms with Crippen LogP contribution in [0.3, 0.4) is 0 Å². The van der Waals surface area contributed by atoms with E-state index in [1.165, 1.54) is 6.92 Å². The van der Waals surface area contributed by atoms with Gasteiger partial charge in [-0.2, -0.15) is 0 Å². The number of imide groups is 1. The van der Waals surface area contributed by atoms with E-state index in [-0.39, 0.29) is 13.2 Å². The van der Waals surface area contributed by atoms with Crippen LogP contribution in [-0.2, 0) is 21.1 Å². The van der Waals surface area contributed by atoms with Gasteiger partial charge in [-0.1, -0.05) is 12.1 Å². The van der Waals surface area contributed by atoms with Crippen LogP contribution in [0.2, 0.25) is 0 Å². The monoisotopic (exact) mass is 239 g/mol. The average Bonchev–Trinajstić information content (AvgIpc) is 2.28. The van der Waals surface area contributed by atoms with Crippen molar-refractivity contribution < 1.29 is 24.5 Å². The summed E-state index contributed by atoms with van der Waals surface area (Å²) >= 11 is 0. The highest BCUT2D eigenvalue weighted by atomic mass is 17.1. The smallest absolute Gasteiger partial charge is 0.264 e. The predicted molar refractivity (Wildman–Crippen MR) is 58.2 cm³/mol. The van der Waals surface area contributed by atoms with Gasteiger partial charge in [-0.05, 0) is 17.7 Å². The summed E-state index contributed by atoms with van der Waals surface area (Å²) in [6.07, 6.45) is 0. The molecule has 0 atom stereocenters. The first kappa shape index (κ1) is 13.1. The van der Waals surface area contributed by atoms with Gasteiger partial charge in [0.15, 0.2) is 6.61 Å². The fourth-order valence-electron chi connectivity index (χ4n) is 1.14. The number of amides is 2. The number of rotatable bonds is 5. The lowest BCUT2D eigenvalue weighted by molar-refractivity contribution is -0.253. The number of hydrogen-bond donors (Lipinski definition) is 2. The van der Waals surface area contributed by atoms with Gasteiger partial charge in [0.05, 0.1) is 0 Å². The second-order valence-electron chi connectivity index (χ2n) is 3.31. The van der Waals surface area contributed by atoms with Crippen molar-refractivity contribution in [1.29, 1.82) is 0 Å². The van der Waals surface area contributed by atoms with Crippen LogP contribution in [0.1, 0.15) is 12.5 Å². The third-order valence-electron chi connectivity index (χ3n) is 1.84. The van der Waals surface area contributed by atoms with Crippen LogP contribution in [0.25, 0.3) is 0 Å². The molecule has 0 unspecified atom stereocenters. The number of nitrogens with one attached hydrogen (secondary N) is 1. The summed E-state index contributed by atoms with van der Waals surface area (Å²) in [5.41, 5.74) is 0.771. The zero-order valence-electron chi connectivity index (χ0n) is 9.30. The molecule has 0 saturated heterocycles. The van der Waals surface area contributed by atoms with Gasteiger partial charge in [0.2, 0.25) is 5.91 Å². The van der Waals surface area contributed by atoms with Gasteiger partial charge in [-0.25, -0.2) is 4.89 Å². The van der Waals surface area contributed by atoms with Gasteiger partial charge >= 0.3 is 0 Å². The summed E-state index contributed by atoms with van der Waals surface area (Å²) in [5.74, 6) is -0.431. The van der Waals surface area contributed by atoms with Crippen molar-refractivity contribution in [3.8, 4) is 5.75 Å². The molecule has 0 aliphatic rings. The fraction of sp³-hybridized carbons (Fsp3) is 0.273. The minimum atomic E-state index is -0.500. The van der Waals surface area contributed by atoms with Crippen LogP contribution < -0.4 is 10.1 Å². The quantitative estimate of drug-likeness (QED) is 0.584. The Bertz CT molecular complexity index is 387. The van der Waals surface area contributed by atoms with Crippen LogP contribution in [0, 0.1) is 0 Å². The van der Waals surface area contributed by atoms with Crippen molar-refractivity contribution in [3.05, 3.63) is 29.8 Å². The molecule has 6 nitrogen and oxygen atoms in total.